The molecule has 7 heteroatoms. The van der Waals surface area contributed by atoms with Crippen LogP contribution in [0.25, 0.3) is 10.9 Å². The molecule has 0 spiro atoms. The van der Waals surface area contributed by atoms with Gasteiger partial charge in [0.05, 0.1) is 11.7 Å². The molecule has 0 fully saturated rings. The molecule has 2 aromatic heterocycles. The lowest BCUT2D eigenvalue weighted by molar-refractivity contribution is 0.0376. The molecule has 0 saturated carbocycles. The monoisotopic (exact) mass is 396 g/mol. The van der Waals surface area contributed by atoms with Crippen LogP contribution in [0.5, 0.6) is 0 Å². The minimum atomic E-state index is -0.694. The van der Waals surface area contributed by atoms with Crippen molar-refractivity contribution in [3.63, 3.8) is 0 Å². The van der Waals surface area contributed by atoms with Gasteiger partial charge in [0.25, 0.3) is 0 Å². The molecule has 0 radical (unpaired) electrons. The van der Waals surface area contributed by atoms with Gasteiger partial charge in [0.2, 0.25) is 5.78 Å². The van der Waals surface area contributed by atoms with Crippen LogP contribution in [0.15, 0.2) is 24.3 Å². The van der Waals surface area contributed by atoms with Crippen LogP contribution in [0.2, 0.25) is 0 Å². The van der Waals surface area contributed by atoms with E-state index >= 15 is 0 Å². The summed E-state index contributed by atoms with van der Waals surface area (Å²) in [6, 6.07) is 7.46. The number of H-pyrrole nitrogens is 2. The number of Topliss-reactive ketones (excluding diaryl/α,β-unsaturated/α-hetero) is 1. The van der Waals surface area contributed by atoms with Gasteiger partial charge in [-0.25, -0.2) is 9.59 Å². The molecular weight excluding hydrogens is 372 g/mol. The Balaban J connectivity index is 1.77. The van der Waals surface area contributed by atoms with E-state index in [2.05, 4.69) is 9.97 Å². The summed E-state index contributed by atoms with van der Waals surface area (Å²) >= 11 is 0. The molecular formula is C22H24N2O5. The Labute approximate surface area is 168 Å². The third kappa shape index (κ3) is 3.94. The summed E-state index contributed by atoms with van der Waals surface area (Å²) in [7, 11) is 0. The molecule has 3 rings (SSSR count). The third-order valence-electron chi connectivity index (χ3n) is 4.70. The number of para-hydroxylation sites is 1. The molecule has 2 heterocycles. The van der Waals surface area contributed by atoms with E-state index in [4.69, 9.17) is 9.47 Å². The first-order chi connectivity index (χ1) is 13.7. The van der Waals surface area contributed by atoms with Crippen LogP contribution in [-0.2, 0) is 9.47 Å². The number of carbonyl (C=O) groups excluding carboxylic acids is 3. The summed E-state index contributed by atoms with van der Waals surface area (Å²) in [4.78, 5) is 43.5. The smallest absolute Gasteiger partial charge is 0.355 e. The van der Waals surface area contributed by atoms with Gasteiger partial charge in [-0.3, -0.25) is 4.79 Å². The van der Waals surface area contributed by atoms with Crippen LogP contribution in [0.1, 0.15) is 62.0 Å². The van der Waals surface area contributed by atoms with Crippen molar-refractivity contribution >= 4 is 28.6 Å². The number of ketones is 1. The first kappa shape index (κ1) is 20.4. The Kier molecular flexibility index (Phi) is 5.59. The number of hydrogen-bond acceptors (Lipinski definition) is 5. The highest BCUT2D eigenvalue weighted by molar-refractivity contribution is 6.10. The number of fused-ring (bicyclic) bond motifs is 1. The number of benzene rings is 1. The van der Waals surface area contributed by atoms with Gasteiger partial charge in [0.1, 0.15) is 5.69 Å². The van der Waals surface area contributed by atoms with E-state index in [1.54, 1.807) is 34.6 Å². The molecule has 0 aliphatic rings. The van der Waals surface area contributed by atoms with E-state index in [-0.39, 0.29) is 17.6 Å². The van der Waals surface area contributed by atoms with Crippen molar-refractivity contribution in [3.05, 3.63) is 58.0 Å². The van der Waals surface area contributed by atoms with Gasteiger partial charge in [-0.15, -0.1) is 0 Å². The molecule has 29 heavy (non-hydrogen) atoms. The van der Waals surface area contributed by atoms with Gasteiger partial charge in [0.15, 0.2) is 6.61 Å². The van der Waals surface area contributed by atoms with Crippen molar-refractivity contribution < 1.29 is 23.9 Å². The van der Waals surface area contributed by atoms with Crippen molar-refractivity contribution in [1.82, 2.24) is 9.97 Å². The minimum absolute atomic E-state index is 0.140. The van der Waals surface area contributed by atoms with Crippen molar-refractivity contribution in [1.29, 1.82) is 0 Å². The number of aromatic nitrogens is 2. The first-order valence-electron chi connectivity index (χ1n) is 9.38. The third-order valence-corrected chi connectivity index (χ3v) is 4.70. The highest BCUT2D eigenvalue weighted by Crippen LogP contribution is 2.23. The Morgan fingerprint density at radius 3 is 2.28 bits per heavy atom. The molecule has 2 N–H and O–H groups in total. The maximum absolute atomic E-state index is 12.7. The fourth-order valence-electron chi connectivity index (χ4n) is 3.44. The molecule has 0 aliphatic heterocycles. The number of esters is 2. The standard InChI is InChI=1S/C22H24N2O5/c1-11(2)29-21(26)18-12(3)20(24-13(18)4)22(27)28-10-17(25)19-14(5)23-16-9-7-6-8-15(16)19/h6-9,11,23-24H,10H2,1-5H3. The van der Waals surface area contributed by atoms with Crippen molar-refractivity contribution in [3.8, 4) is 0 Å². The highest BCUT2D eigenvalue weighted by atomic mass is 16.5. The van der Waals surface area contributed by atoms with Gasteiger partial charge in [-0.2, -0.15) is 0 Å². The number of ether oxygens (including phenoxy) is 2. The van der Waals surface area contributed by atoms with Gasteiger partial charge in [-0.05, 0) is 46.2 Å². The van der Waals surface area contributed by atoms with Crippen LogP contribution >= 0.6 is 0 Å². The molecule has 0 aliphatic carbocycles. The normalized spacial score (nSPS) is 11.1. The average Bonchev–Trinajstić information content (AvgIpc) is 3.14. The predicted molar refractivity (Wildman–Crippen MR) is 108 cm³/mol. The lowest BCUT2D eigenvalue weighted by Gasteiger charge is -2.08. The van der Waals surface area contributed by atoms with Crippen LogP contribution in [-0.4, -0.2) is 40.4 Å². The van der Waals surface area contributed by atoms with Crippen LogP contribution in [0.3, 0.4) is 0 Å². The van der Waals surface area contributed by atoms with Gasteiger partial charge < -0.3 is 19.4 Å². The predicted octanol–water partition coefficient (Wildman–Crippen LogP) is 4.03. The zero-order chi connectivity index (χ0) is 21.3. The number of hydrogen-bond donors (Lipinski definition) is 2. The Bertz CT molecular complexity index is 1100. The second-order valence-electron chi connectivity index (χ2n) is 7.25. The quantitative estimate of drug-likeness (QED) is 0.484. The van der Waals surface area contributed by atoms with Gasteiger partial charge in [-0.1, -0.05) is 18.2 Å². The van der Waals surface area contributed by atoms with E-state index in [0.717, 1.165) is 16.6 Å². The summed E-state index contributed by atoms with van der Waals surface area (Å²) in [6.45, 7) is 8.24. The van der Waals surface area contributed by atoms with Crippen LogP contribution < -0.4 is 0 Å². The maximum atomic E-state index is 12.7. The first-order valence-corrected chi connectivity index (χ1v) is 9.38. The number of rotatable bonds is 6. The van der Waals surface area contributed by atoms with Gasteiger partial charge in [0, 0.05) is 27.9 Å². The number of nitrogens with one attached hydrogen (secondary N) is 2. The fraction of sp³-hybridized carbons (Fsp3) is 0.318. The van der Waals surface area contributed by atoms with E-state index in [0.29, 0.717) is 22.4 Å². The van der Waals surface area contributed by atoms with E-state index in [1.165, 1.54) is 0 Å². The molecule has 0 unspecified atom stereocenters. The molecule has 152 valence electrons. The van der Waals surface area contributed by atoms with Crippen molar-refractivity contribution in [2.45, 2.75) is 40.7 Å². The average molecular weight is 396 g/mol. The summed E-state index contributed by atoms with van der Waals surface area (Å²) in [6.07, 6.45) is -0.274. The Hall–Kier alpha value is -3.35. The number of carbonyl (C=O) groups is 3. The van der Waals surface area contributed by atoms with E-state index in [9.17, 15) is 14.4 Å². The summed E-state index contributed by atoms with van der Waals surface area (Å²) in [5.41, 5.74) is 3.48. The molecule has 3 aromatic rings. The Morgan fingerprint density at radius 2 is 1.59 bits per heavy atom. The minimum Gasteiger partial charge on any atom is -0.459 e. The highest BCUT2D eigenvalue weighted by Gasteiger charge is 2.25. The lowest BCUT2D eigenvalue weighted by Crippen LogP contribution is -2.16. The topological polar surface area (TPSA) is 101 Å². The van der Waals surface area contributed by atoms with Crippen LogP contribution in [0.4, 0.5) is 0 Å². The van der Waals surface area contributed by atoms with Crippen molar-refractivity contribution in [2.75, 3.05) is 6.61 Å². The second kappa shape index (κ2) is 7.95. The molecule has 7 nitrogen and oxygen atoms in total. The van der Waals surface area contributed by atoms with Crippen LogP contribution in [0, 0.1) is 20.8 Å². The Morgan fingerprint density at radius 1 is 0.931 bits per heavy atom. The molecule has 0 bridgehead atoms. The van der Waals surface area contributed by atoms with Crippen molar-refractivity contribution in [2.24, 2.45) is 0 Å². The second-order valence-corrected chi connectivity index (χ2v) is 7.25. The molecule has 0 amide bonds. The van der Waals surface area contributed by atoms with Gasteiger partial charge >= 0.3 is 11.9 Å². The largest absolute Gasteiger partial charge is 0.459 e. The zero-order valence-electron chi connectivity index (χ0n) is 17.1. The zero-order valence-corrected chi connectivity index (χ0v) is 17.1. The maximum Gasteiger partial charge on any atom is 0.355 e. The molecule has 1 aromatic carbocycles. The summed E-state index contributed by atoms with van der Waals surface area (Å²) in [5, 5.41) is 0.789. The fourth-order valence-corrected chi connectivity index (χ4v) is 3.44. The summed E-state index contributed by atoms with van der Waals surface area (Å²) < 4.78 is 10.5. The van der Waals surface area contributed by atoms with E-state index < -0.39 is 18.5 Å². The molecule has 0 atom stereocenters. The lowest BCUT2D eigenvalue weighted by atomic mass is 10.1. The van der Waals surface area contributed by atoms with E-state index in [1.807, 2.05) is 24.3 Å². The summed E-state index contributed by atoms with van der Waals surface area (Å²) in [5.74, 6) is -1.50. The molecule has 0 saturated heterocycles. The SMILES string of the molecule is Cc1[nH]c(C(=O)OCC(=O)c2c(C)[nH]c3ccccc23)c(C)c1C(=O)OC(C)C. The number of aryl methyl sites for hydroxylation is 2. The number of aromatic amines is 2.